The van der Waals surface area contributed by atoms with Gasteiger partial charge in [0.1, 0.15) is 11.5 Å². The monoisotopic (exact) mass is 536 g/mol. The highest BCUT2D eigenvalue weighted by molar-refractivity contribution is 5.57. The molecule has 216 valence electrons. The van der Waals surface area contributed by atoms with Gasteiger partial charge in [0.25, 0.3) is 0 Å². The van der Waals surface area contributed by atoms with Crippen molar-refractivity contribution in [1.82, 2.24) is 0 Å². The number of aryl methyl sites for hydroxylation is 2. The highest BCUT2D eigenvalue weighted by atomic mass is 16.3. The van der Waals surface area contributed by atoms with E-state index in [1.165, 1.54) is 0 Å². The van der Waals surface area contributed by atoms with E-state index >= 15 is 0 Å². The Morgan fingerprint density at radius 1 is 0.744 bits per heavy atom. The van der Waals surface area contributed by atoms with Gasteiger partial charge in [-0.15, -0.1) is 0 Å². The summed E-state index contributed by atoms with van der Waals surface area (Å²) >= 11 is 0. The van der Waals surface area contributed by atoms with E-state index in [9.17, 15) is 20.4 Å². The summed E-state index contributed by atoms with van der Waals surface area (Å²) in [6, 6.07) is 8.51. The van der Waals surface area contributed by atoms with E-state index < -0.39 is 0 Å². The maximum absolute atomic E-state index is 12.0. The van der Waals surface area contributed by atoms with E-state index in [1.54, 1.807) is 0 Å². The fourth-order valence-corrected chi connectivity index (χ4v) is 5.98. The Kier molecular flexibility index (Phi) is 10.7. The number of phenols is 2. The van der Waals surface area contributed by atoms with E-state index in [4.69, 9.17) is 0 Å². The van der Waals surface area contributed by atoms with Crippen LogP contribution in [0.3, 0.4) is 0 Å². The van der Waals surface area contributed by atoms with Crippen molar-refractivity contribution in [3.05, 3.63) is 69.8 Å². The predicted molar refractivity (Wildman–Crippen MR) is 162 cm³/mol. The number of benzene rings is 2. The average Bonchev–Trinajstić information content (AvgIpc) is 2.93. The van der Waals surface area contributed by atoms with Crippen LogP contribution in [0.1, 0.15) is 126 Å². The third kappa shape index (κ3) is 7.08. The number of hydrogen-bond acceptors (Lipinski definition) is 4. The molecule has 3 rings (SSSR count). The quantitative estimate of drug-likeness (QED) is 0.197. The van der Waals surface area contributed by atoms with E-state index in [-0.39, 0.29) is 35.9 Å². The smallest absolute Gasteiger partial charge is 0.123 e. The Bertz CT molecular complexity index is 1050. The minimum atomic E-state index is -0.217. The predicted octanol–water partition coefficient (Wildman–Crippen LogP) is 7.81. The summed E-state index contributed by atoms with van der Waals surface area (Å²) in [5.41, 5.74) is 5.46. The first-order chi connectivity index (χ1) is 18.5. The first kappa shape index (κ1) is 31.2. The van der Waals surface area contributed by atoms with Crippen molar-refractivity contribution in [3.63, 3.8) is 0 Å². The molecule has 1 atom stereocenters. The molecule has 4 nitrogen and oxygen atoms in total. The van der Waals surface area contributed by atoms with Crippen LogP contribution in [-0.2, 0) is 23.7 Å². The van der Waals surface area contributed by atoms with E-state index in [0.717, 1.165) is 78.3 Å². The molecule has 0 saturated heterocycles. The lowest BCUT2D eigenvalue weighted by Gasteiger charge is -2.35. The summed E-state index contributed by atoms with van der Waals surface area (Å²) in [4.78, 5) is 0. The van der Waals surface area contributed by atoms with E-state index in [0.29, 0.717) is 24.3 Å². The van der Waals surface area contributed by atoms with Gasteiger partial charge >= 0.3 is 0 Å². The van der Waals surface area contributed by atoms with Crippen molar-refractivity contribution in [2.45, 2.75) is 116 Å². The maximum Gasteiger partial charge on any atom is 0.123 e. The van der Waals surface area contributed by atoms with Crippen LogP contribution in [-0.4, -0.2) is 33.6 Å². The molecule has 0 aromatic heterocycles. The van der Waals surface area contributed by atoms with Crippen molar-refractivity contribution >= 4 is 0 Å². The molecule has 0 bridgehead atoms. The van der Waals surface area contributed by atoms with Crippen LogP contribution < -0.4 is 0 Å². The Morgan fingerprint density at radius 2 is 1.21 bits per heavy atom. The molecule has 0 spiro atoms. The zero-order valence-electron chi connectivity index (χ0n) is 25.2. The number of aromatic hydroxyl groups is 2. The zero-order valence-corrected chi connectivity index (χ0v) is 25.2. The second-order valence-corrected chi connectivity index (χ2v) is 12.8. The second-order valence-electron chi connectivity index (χ2n) is 12.8. The highest BCUT2D eigenvalue weighted by Crippen LogP contribution is 2.50. The summed E-state index contributed by atoms with van der Waals surface area (Å²) in [7, 11) is 0. The third-order valence-electron chi connectivity index (χ3n) is 9.32. The number of aliphatic hydroxyl groups is 2. The first-order valence-corrected chi connectivity index (χ1v) is 15.1. The largest absolute Gasteiger partial charge is 0.507 e. The molecular weight excluding hydrogens is 484 g/mol. The Balaban J connectivity index is 2.36. The van der Waals surface area contributed by atoms with Gasteiger partial charge in [0.15, 0.2) is 0 Å². The first-order valence-electron chi connectivity index (χ1n) is 15.1. The second kappa shape index (κ2) is 13.4. The van der Waals surface area contributed by atoms with Crippen LogP contribution in [0.15, 0.2) is 36.4 Å². The lowest BCUT2D eigenvalue weighted by Crippen LogP contribution is -2.22. The van der Waals surface area contributed by atoms with Gasteiger partial charge in [0.2, 0.25) is 0 Å². The Labute approximate surface area is 236 Å². The number of rotatable bonds is 13. The van der Waals surface area contributed by atoms with Gasteiger partial charge in [0.05, 0.1) is 0 Å². The summed E-state index contributed by atoms with van der Waals surface area (Å²) < 4.78 is 0. The van der Waals surface area contributed by atoms with Gasteiger partial charge < -0.3 is 20.4 Å². The molecule has 0 fully saturated rings. The Morgan fingerprint density at radius 3 is 1.56 bits per heavy atom. The van der Waals surface area contributed by atoms with Crippen molar-refractivity contribution in [2.75, 3.05) is 13.2 Å². The molecule has 4 heteroatoms. The van der Waals surface area contributed by atoms with Crippen LogP contribution in [0, 0.1) is 5.92 Å². The van der Waals surface area contributed by atoms with Gasteiger partial charge in [-0.25, -0.2) is 0 Å². The SMILES string of the molecule is CCC(C)(C)c1cc(CCCO)cc(C(c2cc(CCCO)cc(C(C)(C)CC)c2O)C2CC=CCC2)c1O. The highest BCUT2D eigenvalue weighted by Gasteiger charge is 2.35. The fraction of sp³-hybridized carbons (Fsp3) is 0.600. The van der Waals surface area contributed by atoms with Crippen LogP contribution in [0.2, 0.25) is 0 Å². The van der Waals surface area contributed by atoms with Crippen molar-refractivity contribution in [3.8, 4) is 11.5 Å². The summed E-state index contributed by atoms with van der Waals surface area (Å²) in [6.07, 6.45) is 11.9. The number of allylic oxidation sites excluding steroid dienone is 2. The summed E-state index contributed by atoms with van der Waals surface area (Å²) in [6.45, 7) is 13.3. The molecule has 0 radical (unpaired) electrons. The summed E-state index contributed by atoms with van der Waals surface area (Å²) in [5, 5.41) is 43.1. The molecular formula is C35H52O4. The molecule has 1 aliphatic carbocycles. The van der Waals surface area contributed by atoms with Crippen LogP contribution >= 0.6 is 0 Å². The third-order valence-corrected chi connectivity index (χ3v) is 9.32. The minimum absolute atomic E-state index is 0.128. The van der Waals surface area contributed by atoms with Gasteiger partial charge in [-0.1, -0.05) is 78.0 Å². The molecule has 1 aliphatic rings. The molecule has 0 heterocycles. The average molecular weight is 537 g/mol. The standard InChI is InChI=1S/C35H52O4/c1-7-34(3,4)29-22-24(14-12-18-36)20-27(32(29)38)31(26-16-10-9-11-17-26)28-21-25(15-13-19-37)23-30(33(28)39)35(5,6)8-2/h9-10,20-23,26,31,36-39H,7-8,11-19H2,1-6H3. The van der Waals surface area contributed by atoms with Crippen molar-refractivity contribution in [2.24, 2.45) is 5.92 Å². The normalized spacial score (nSPS) is 16.3. The van der Waals surface area contributed by atoms with Gasteiger partial charge in [-0.05, 0) is 85.7 Å². The molecule has 2 aromatic rings. The topological polar surface area (TPSA) is 80.9 Å². The molecule has 2 aromatic carbocycles. The lowest BCUT2D eigenvalue weighted by molar-refractivity contribution is 0.288. The molecule has 0 amide bonds. The Hall–Kier alpha value is -2.30. The number of hydrogen-bond donors (Lipinski definition) is 4. The van der Waals surface area contributed by atoms with Crippen molar-refractivity contribution in [1.29, 1.82) is 0 Å². The lowest BCUT2D eigenvalue weighted by atomic mass is 9.70. The van der Waals surface area contributed by atoms with Crippen molar-refractivity contribution < 1.29 is 20.4 Å². The maximum atomic E-state index is 12.0. The van der Waals surface area contributed by atoms with Crippen LogP contribution in [0.5, 0.6) is 11.5 Å². The van der Waals surface area contributed by atoms with Crippen LogP contribution in [0.4, 0.5) is 0 Å². The number of aliphatic hydroxyl groups excluding tert-OH is 2. The van der Waals surface area contributed by atoms with E-state index in [1.807, 2.05) is 0 Å². The van der Waals surface area contributed by atoms with Crippen LogP contribution in [0.25, 0.3) is 0 Å². The van der Waals surface area contributed by atoms with E-state index in [2.05, 4.69) is 78.0 Å². The minimum Gasteiger partial charge on any atom is -0.507 e. The molecule has 0 aliphatic heterocycles. The van der Waals surface area contributed by atoms with Gasteiger partial charge in [0, 0.05) is 41.4 Å². The zero-order chi connectivity index (χ0) is 28.8. The van der Waals surface area contributed by atoms with Gasteiger partial charge in [-0.2, -0.15) is 0 Å². The fourth-order valence-electron chi connectivity index (χ4n) is 5.98. The van der Waals surface area contributed by atoms with Gasteiger partial charge in [-0.3, -0.25) is 0 Å². The summed E-state index contributed by atoms with van der Waals surface area (Å²) in [5.74, 6) is 0.746. The molecule has 0 saturated carbocycles. The molecule has 39 heavy (non-hydrogen) atoms. The number of phenolic OH excluding ortho intramolecular Hbond substituents is 2. The molecule has 4 N–H and O–H groups in total. The molecule has 1 unspecified atom stereocenters.